The topological polar surface area (TPSA) is 72.9 Å². The van der Waals surface area contributed by atoms with Crippen molar-refractivity contribution < 1.29 is 4.79 Å². The number of rotatable bonds is 5. The lowest BCUT2D eigenvalue weighted by Gasteiger charge is -2.14. The van der Waals surface area contributed by atoms with E-state index >= 15 is 0 Å². The minimum Gasteiger partial charge on any atom is -0.349 e. The van der Waals surface area contributed by atoms with Gasteiger partial charge in [-0.1, -0.05) is 13.8 Å². The van der Waals surface area contributed by atoms with Crippen molar-refractivity contribution in [2.24, 2.45) is 18.7 Å². The molecule has 1 amide bonds. The fourth-order valence-corrected chi connectivity index (χ4v) is 1.67. The van der Waals surface area contributed by atoms with E-state index in [2.05, 4.69) is 24.3 Å². The monoisotopic (exact) mass is 238 g/mol. The Morgan fingerprint density at radius 2 is 2.24 bits per heavy atom. The highest BCUT2D eigenvalue weighted by Gasteiger charge is 2.12. The summed E-state index contributed by atoms with van der Waals surface area (Å²) in [6, 6.07) is 1.77. The molecule has 0 saturated heterocycles. The summed E-state index contributed by atoms with van der Waals surface area (Å²) in [5, 5.41) is 6.92. The Morgan fingerprint density at radius 1 is 1.59 bits per heavy atom. The van der Waals surface area contributed by atoms with E-state index in [-0.39, 0.29) is 11.9 Å². The van der Waals surface area contributed by atoms with Gasteiger partial charge in [-0.15, -0.1) is 0 Å². The molecule has 5 heteroatoms. The minimum atomic E-state index is -0.159. The van der Waals surface area contributed by atoms with Crippen LogP contribution in [0.15, 0.2) is 6.07 Å². The quantitative estimate of drug-likeness (QED) is 0.798. The smallest absolute Gasteiger partial charge is 0.271 e. The Labute approximate surface area is 102 Å². The summed E-state index contributed by atoms with van der Waals surface area (Å²) in [6.07, 6.45) is 0.904. The van der Waals surface area contributed by atoms with Crippen molar-refractivity contribution in [2.75, 3.05) is 6.54 Å². The van der Waals surface area contributed by atoms with E-state index in [0.717, 1.165) is 12.1 Å². The van der Waals surface area contributed by atoms with Crippen LogP contribution in [0.2, 0.25) is 0 Å². The molecule has 0 radical (unpaired) electrons. The number of amides is 1. The molecule has 0 bridgehead atoms. The molecule has 1 atom stereocenters. The lowest BCUT2D eigenvalue weighted by Crippen LogP contribution is -2.38. The zero-order valence-electron chi connectivity index (χ0n) is 11.0. The molecule has 1 aromatic rings. The van der Waals surface area contributed by atoms with Crippen molar-refractivity contribution in [3.63, 3.8) is 0 Å². The number of hydrogen-bond donors (Lipinski definition) is 2. The van der Waals surface area contributed by atoms with Crippen LogP contribution >= 0.6 is 0 Å². The molecule has 1 unspecified atom stereocenters. The Kier molecular flexibility index (Phi) is 4.69. The molecule has 17 heavy (non-hydrogen) atoms. The second-order valence-electron chi connectivity index (χ2n) is 4.89. The minimum absolute atomic E-state index is 0.00348. The van der Waals surface area contributed by atoms with Gasteiger partial charge in [-0.3, -0.25) is 9.48 Å². The Balaban J connectivity index is 2.45. The number of aromatic nitrogens is 2. The highest BCUT2D eigenvalue weighted by Crippen LogP contribution is 2.03. The predicted octanol–water partition coefficient (Wildman–Crippen LogP) is 0.832. The van der Waals surface area contributed by atoms with E-state index in [4.69, 9.17) is 5.73 Å². The van der Waals surface area contributed by atoms with Gasteiger partial charge in [0.05, 0.1) is 0 Å². The highest BCUT2D eigenvalue weighted by molar-refractivity contribution is 5.92. The molecule has 1 aromatic heterocycles. The van der Waals surface area contributed by atoms with Crippen molar-refractivity contribution in [1.29, 1.82) is 0 Å². The molecular weight excluding hydrogens is 216 g/mol. The molecule has 0 aliphatic rings. The molecule has 5 nitrogen and oxygen atoms in total. The van der Waals surface area contributed by atoms with Gasteiger partial charge in [0.15, 0.2) is 0 Å². The summed E-state index contributed by atoms with van der Waals surface area (Å²) >= 11 is 0. The molecule has 0 aromatic carbocycles. The zero-order valence-corrected chi connectivity index (χ0v) is 11.0. The SMILES string of the molecule is Cc1cc(C(=O)NCC(N)CC(C)C)nn1C. The molecule has 0 saturated carbocycles. The molecule has 1 heterocycles. The number of nitrogens with one attached hydrogen (secondary N) is 1. The first-order chi connectivity index (χ1) is 7.90. The number of nitrogens with two attached hydrogens (primary N) is 1. The standard InChI is InChI=1S/C12H22N4O/c1-8(2)5-10(13)7-14-12(17)11-6-9(3)16(4)15-11/h6,8,10H,5,7,13H2,1-4H3,(H,14,17). The summed E-state index contributed by atoms with van der Waals surface area (Å²) in [5.74, 6) is 0.381. The number of aryl methyl sites for hydroxylation is 2. The van der Waals surface area contributed by atoms with Gasteiger partial charge in [-0.2, -0.15) is 5.10 Å². The van der Waals surface area contributed by atoms with Gasteiger partial charge in [-0.25, -0.2) is 0 Å². The maximum Gasteiger partial charge on any atom is 0.271 e. The van der Waals surface area contributed by atoms with Gasteiger partial charge in [0.1, 0.15) is 5.69 Å². The molecule has 0 aliphatic carbocycles. The maximum absolute atomic E-state index is 11.8. The molecule has 96 valence electrons. The van der Waals surface area contributed by atoms with Crippen LogP contribution in [0.5, 0.6) is 0 Å². The van der Waals surface area contributed by atoms with E-state index in [1.807, 2.05) is 14.0 Å². The van der Waals surface area contributed by atoms with Crippen molar-refractivity contribution in [3.8, 4) is 0 Å². The molecule has 3 N–H and O–H groups in total. The average molecular weight is 238 g/mol. The van der Waals surface area contributed by atoms with Gasteiger partial charge in [0.2, 0.25) is 0 Å². The lowest BCUT2D eigenvalue weighted by molar-refractivity contribution is 0.0944. The molecule has 0 spiro atoms. The van der Waals surface area contributed by atoms with Gasteiger partial charge in [0.25, 0.3) is 5.91 Å². The van der Waals surface area contributed by atoms with E-state index in [1.165, 1.54) is 0 Å². The Hall–Kier alpha value is -1.36. The fourth-order valence-electron chi connectivity index (χ4n) is 1.67. The molecule has 0 aliphatic heterocycles. The Bertz CT molecular complexity index is 364. The third kappa shape index (κ3) is 4.19. The fraction of sp³-hybridized carbons (Fsp3) is 0.667. The third-order valence-electron chi connectivity index (χ3n) is 2.65. The molecule has 0 fully saturated rings. The second kappa shape index (κ2) is 5.82. The van der Waals surface area contributed by atoms with E-state index in [1.54, 1.807) is 10.7 Å². The number of hydrogen-bond acceptors (Lipinski definition) is 3. The van der Waals surface area contributed by atoms with Crippen LogP contribution in [0.3, 0.4) is 0 Å². The Morgan fingerprint density at radius 3 is 2.71 bits per heavy atom. The lowest BCUT2D eigenvalue weighted by atomic mass is 10.0. The van der Waals surface area contributed by atoms with Gasteiger partial charge in [0, 0.05) is 25.3 Å². The first-order valence-corrected chi connectivity index (χ1v) is 5.94. The number of carbonyl (C=O) groups is 1. The average Bonchev–Trinajstić information content (AvgIpc) is 2.55. The number of nitrogens with zero attached hydrogens (tertiary/aromatic N) is 2. The summed E-state index contributed by atoms with van der Waals surface area (Å²) in [7, 11) is 1.82. The van der Waals surface area contributed by atoms with Crippen LogP contribution in [0.1, 0.15) is 36.5 Å². The van der Waals surface area contributed by atoms with Crippen LogP contribution in [0, 0.1) is 12.8 Å². The normalized spacial score (nSPS) is 12.8. The zero-order chi connectivity index (χ0) is 13.0. The largest absolute Gasteiger partial charge is 0.349 e. The van der Waals surface area contributed by atoms with Crippen LogP contribution in [0.25, 0.3) is 0 Å². The highest BCUT2D eigenvalue weighted by atomic mass is 16.1. The first kappa shape index (κ1) is 13.7. The van der Waals surface area contributed by atoms with E-state index in [9.17, 15) is 4.79 Å². The molecule has 1 rings (SSSR count). The van der Waals surface area contributed by atoms with Crippen molar-refractivity contribution >= 4 is 5.91 Å². The van der Waals surface area contributed by atoms with Gasteiger partial charge >= 0.3 is 0 Å². The summed E-state index contributed by atoms with van der Waals surface area (Å²) < 4.78 is 1.68. The van der Waals surface area contributed by atoms with Crippen molar-refractivity contribution in [3.05, 3.63) is 17.5 Å². The third-order valence-corrected chi connectivity index (χ3v) is 2.65. The first-order valence-electron chi connectivity index (χ1n) is 5.94. The van der Waals surface area contributed by atoms with Crippen LogP contribution in [-0.4, -0.2) is 28.3 Å². The van der Waals surface area contributed by atoms with Crippen LogP contribution in [0.4, 0.5) is 0 Å². The van der Waals surface area contributed by atoms with Crippen molar-refractivity contribution in [1.82, 2.24) is 15.1 Å². The molecular formula is C12H22N4O. The summed E-state index contributed by atoms with van der Waals surface area (Å²) in [4.78, 5) is 11.8. The van der Waals surface area contributed by atoms with E-state index in [0.29, 0.717) is 18.2 Å². The summed E-state index contributed by atoms with van der Waals surface area (Å²) in [6.45, 7) is 6.63. The van der Waals surface area contributed by atoms with Crippen LogP contribution in [-0.2, 0) is 7.05 Å². The van der Waals surface area contributed by atoms with Crippen LogP contribution < -0.4 is 11.1 Å². The predicted molar refractivity (Wildman–Crippen MR) is 67.7 cm³/mol. The van der Waals surface area contributed by atoms with Crippen molar-refractivity contribution in [2.45, 2.75) is 33.2 Å². The van der Waals surface area contributed by atoms with Gasteiger partial charge in [-0.05, 0) is 25.3 Å². The van der Waals surface area contributed by atoms with E-state index < -0.39 is 0 Å². The summed E-state index contributed by atoms with van der Waals surface area (Å²) in [5.41, 5.74) is 7.30. The van der Waals surface area contributed by atoms with Gasteiger partial charge < -0.3 is 11.1 Å². The second-order valence-corrected chi connectivity index (χ2v) is 4.89. The maximum atomic E-state index is 11.8. The number of carbonyl (C=O) groups excluding carboxylic acids is 1.